The van der Waals surface area contributed by atoms with Crippen molar-refractivity contribution in [3.8, 4) is 11.3 Å². The maximum absolute atomic E-state index is 12.4. The molecule has 26 heavy (non-hydrogen) atoms. The molecule has 1 aromatic heterocycles. The lowest BCUT2D eigenvalue weighted by atomic mass is 10.1. The molecule has 0 atom stereocenters. The molecule has 0 radical (unpaired) electrons. The average molecular weight is 428 g/mol. The highest BCUT2D eigenvalue weighted by Crippen LogP contribution is 2.30. The van der Waals surface area contributed by atoms with Crippen LogP contribution in [0.2, 0.25) is 0 Å². The van der Waals surface area contributed by atoms with Crippen molar-refractivity contribution in [1.29, 1.82) is 0 Å². The summed E-state index contributed by atoms with van der Waals surface area (Å²) in [5.41, 5.74) is 3.35. The molecular weight excluding hydrogens is 410 g/mol. The first-order valence-electron chi connectivity index (χ1n) is 8.57. The highest BCUT2D eigenvalue weighted by atomic mass is 79.9. The predicted molar refractivity (Wildman–Crippen MR) is 111 cm³/mol. The molecule has 0 bridgehead atoms. The van der Waals surface area contributed by atoms with E-state index in [0.29, 0.717) is 5.56 Å². The van der Waals surface area contributed by atoms with Gasteiger partial charge in [-0.05, 0) is 43.2 Å². The zero-order valence-corrected chi connectivity index (χ0v) is 16.5. The fourth-order valence-electron chi connectivity index (χ4n) is 3.04. The van der Waals surface area contributed by atoms with E-state index >= 15 is 0 Å². The summed E-state index contributed by atoms with van der Waals surface area (Å²) in [4.78, 5) is 19.6. The van der Waals surface area contributed by atoms with Crippen LogP contribution in [-0.4, -0.2) is 24.0 Å². The number of anilines is 2. The largest absolute Gasteiger partial charge is 0.348 e. The summed E-state index contributed by atoms with van der Waals surface area (Å²) in [6, 6.07) is 15.2. The molecule has 0 saturated carbocycles. The van der Waals surface area contributed by atoms with Crippen LogP contribution < -0.4 is 10.2 Å². The van der Waals surface area contributed by atoms with Crippen LogP contribution in [0.1, 0.15) is 23.2 Å². The zero-order chi connectivity index (χ0) is 17.9. The molecular formula is C20H18BrN3OS. The highest BCUT2D eigenvalue weighted by Gasteiger charge is 2.16. The van der Waals surface area contributed by atoms with Crippen molar-refractivity contribution in [2.75, 3.05) is 23.3 Å². The van der Waals surface area contributed by atoms with Crippen molar-refractivity contribution >= 4 is 44.0 Å². The molecule has 1 saturated heterocycles. The Hall–Kier alpha value is -2.18. The normalized spacial score (nSPS) is 13.8. The Kier molecular flexibility index (Phi) is 5.04. The summed E-state index contributed by atoms with van der Waals surface area (Å²) in [6.45, 7) is 2.19. The van der Waals surface area contributed by atoms with E-state index in [-0.39, 0.29) is 5.91 Å². The van der Waals surface area contributed by atoms with Crippen molar-refractivity contribution in [1.82, 2.24) is 4.98 Å². The van der Waals surface area contributed by atoms with Gasteiger partial charge in [0, 0.05) is 39.8 Å². The van der Waals surface area contributed by atoms with E-state index in [1.165, 1.54) is 12.8 Å². The standard InChI is InChI=1S/C20H18BrN3OS/c21-16-7-3-6-15(11-16)19(25)22-17-8-4-5-14(12-17)18-13-26-20(23-18)24-9-1-2-10-24/h3-8,11-13H,1-2,9-10H2,(H,22,25). The molecule has 4 rings (SSSR count). The molecule has 132 valence electrons. The number of rotatable bonds is 4. The minimum absolute atomic E-state index is 0.125. The molecule has 1 fully saturated rings. The van der Waals surface area contributed by atoms with E-state index in [1.54, 1.807) is 17.4 Å². The molecule has 1 N–H and O–H groups in total. The van der Waals surface area contributed by atoms with Gasteiger partial charge in [0.1, 0.15) is 0 Å². The second-order valence-electron chi connectivity index (χ2n) is 6.25. The van der Waals surface area contributed by atoms with Crippen LogP contribution in [0, 0.1) is 0 Å². The number of thiazole rings is 1. The predicted octanol–water partition coefficient (Wildman–Crippen LogP) is 5.43. The number of aromatic nitrogens is 1. The lowest BCUT2D eigenvalue weighted by Gasteiger charge is -2.12. The van der Waals surface area contributed by atoms with E-state index in [4.69, 9.17) is 4.98 Å². The smallest absolute Gasteiger partial charge is 0.255 e. The summed E-state index contributed by atoms with van der Waals surface area (Å²) < 4.78 is 0.885. The van der Waals surface area contributed by atoms with Gasteiger partial charge in [0.15, 0.2) is 5.13 Å². The van der Waals surface area contributed by atoms with Crippen molar-refractivity contribution < 1.29 is 4.79 Å². The molecule has 1 aliphatic heterocycles. The van der Waals surface area contributed by atoms with E-state index < -0.39 is 0 Å². The summed E-state index contributed by atoms with van der Waals surface area (Å²) in [5, 5.41) is 6.13. The van der Waals surface area contributed by atoms with Gasteiger partial charge in [0.25, 0.3) is 5.91 Å². The van der Waals surface area contributed by atoms with Crippen LogP contribution in [0.3, 0.4) is 0 Å². The van der Waals surface area contributed by atoms with Gasteiger partial charge >= 0.3 is 0 Å². The summed E-state index contributed by atoms with van der Waals surface area (Å²) in [6.07, 6.45) is 2.48. The first-order valence-corrected chi connectivity index (χ1v) is 10.2. The lowest BCUT2D eigenvalue weighted by molar-refractivity contribution is 0.102. The van der Waals surface area contributed by atoms with Gasteiger partial charge in [0.05, 0.1) is 5.69 Å². The minimum atomic E-state index is -0.125. The third-order valence-electron chi connectivity index (χ3n) is 4.37. The van der Waals surface area contributed by atoms with Crippen molar-refractivity contribution in [2.45, 2.75) is 12.8 Å². The Morgan fingerprint density at radius 3 is 2.73 bits per heavy atom. The van der Waals surface area contributed by atoms with Crippen LogP contribution >= 0.6 is 27.3 Å². The number of benzene rings is 2. The molecule has 6 heteroatoms. The van der Waals surface area contributed by atoms with Gasteiger partial charge in [-0.1, -0.05) is 34.1 Å². The first-order chi connectivity index (χ1) is 12.7. The van der Waals surface area contributed by atoms with Crippen molar-refractivity contribution in [3.63, 3.8) is 0 Å². The third-order valence-corrected chi connectivity index (χ3v) is 5.77. The molecule has 0 aliphatic carbocycles. The van der Waals surface area contributed by atoms with E-state index in [2.05, 4.69) is 31.5 Å². The average Bonchev–Trinajstić information content (AvgIpc) is 3.33. The lowest BCUT2D eigenvalue weighted by Crippen LogP contribution is -2.17. The van der Waals surface area contributed by atoms with E-state index in [9.17, 15) is 4.79 Å². The number of carbonyl (C=O) groups excluding carboxylic acids is 1. The molecule has 4 nitrogen and oxygen atoms in total. The van der Waals surface area contributed by atoms with Gasteiger partial charge in [-0.15, -0.1) is 11.3 Å². The van der Waals surface area contributed by atoms with E-state index in [0.717, 1.165) is 39.6 Å². The third kappa shape index (κ3) is 3.81. The van der Waals surface area contributed by atoms with E-state index in [1.807, 2.05) is 42.5 Å². The second-order valence-corrected chi connectivity index (χ2v) is 8.01. The van der Waals surface area contributed by atoms with Gasteiger partial charge < -0.3 is 10.2 Å². The number of hydrogen-bond acceptors (Lipinski definition) is 4. The fraction of sp³-hybridized carbons (Fsp3) is 0.200. The monoisotopic (exact) mass is 427 g/mol. The molecule has 2 aromatic carbocycles. The summed E-state index contributed by atoms with van der Waals surface area (Å²) >= 11 is 5.08. The maximum Gasteiger partial charge on any atom is 0.255 e. The molecule has 0 spiro atoms. The first kappa shape index (κ1) is 17.2. The summed E-state index contributed by atoms with van der Waals surface area (Å²) in [7, 11) is 0. The van der Waals surface area contributed by atoms with Crippen LogP contribution in [0.4, 0.5) is 10.8 Å². The molecule has 2 heterocycles. The maximum atomic E-state index is 12.4. The number of nitrogens with zero attached hydrogens (tertiary/aromatic N) is 2. The van der Waals surface area contributed by atoms with Gasteiger partial charge in [-0.2, -0.15) is 0 Å². The number of halogens is 1. The molecule has 1 aliphatic rings. The van der Waals surface area contributed by atoms with Gasteiger partial charge in [-0.3, -0.25) is 4.79 Å². The van der Waals surface area contributed by atoms with Crippen molar-refractivity contribution in [2.24, 2.45) is 0 Å². The topological polar surface area (TPSA) is 45.2 Å². The van der Waals surface area contributed by atoms with Gasteiger partial charge in [-0.25, -0.2) is 4.98 Å². The number of carbonyl (C=O) groups is 1. The SMILES string of the molecule is O=C(Nc1cccc(-c2csc(N3CCCC3)n2)c1)c1cccc(Br)c1. The van der Waals surface area contributed by atoms with Crippen LogP contribution in [0.25, 0.3) is 11.3 Å². The van der Waals surface area contributed by atoms with Crippen LogP contribution in [0.5, 0.6) is 0 Å². The van der Waals surface area contributed by atoms with Crippen LogP contribution in [-0.2, 0) is 0 Å². The Bertz CT molecular complexity index is 934. The summed E-state index contributed by atoms with van der Waals surface area (Å²) in [5.74, 6) is -0.125. The Morgan fingerprint density at radius 2 is 1.92 bits per heavy atom. The Labute approximate surface area is 165 Å². The zero-order valence-electron chi connectivity index (χ0n) is 14.1. The Balaban J connectivity index is 1.52. The Morgan fingerprint density at radius 1 is 1.12 bits per heavy atom. The quantitative estimate of drug-likeness (QED) is 0.603. The molecule has 1 amide bonds. The number of hydrogen-bond donors (Lipinski definition) is 1. The van der Waals surface area contributed by atoms with Gasteiger partial charge in [0.2, 0.25) is 0 Å². The fourth-order valence-corrected chi connectivity index (χ4v) is 4.33. The number of nitrogens with one attached hydrogen (secondary N) is 1. The van der Waals surface area contributed by atoms with Crippen LogP contribution in [0.15, 0.2) is 58.4 Å². The van der Waals surface area contributed by atoms with Crippen molar-refractivity contribution in [3.05, 3.63) is 63.9 Å². The second kappa shape index (κ2) is 7.60. The minimum Gasteiger partial charge on any atom is -0.348 e. The highest BCUT2D eigenvalue weighted by molar-refractivity contribution is 9.10. The molecule has 3 aromatic rings. The number of amides is 1. The molecule has 0 unspecified atom stereocenters.